The lowest BCUT2D eigenvalue weighted by molar-refractivity contribution is 0.100. The van der Waals surface area contributed by atoms with Gasteiger partial charge in [0.1, 0.15) is 0 Å². The number of nitriles is 1. The summed E-state index contributed by atoms with van der Waals surface area (Å²) < 4.78 is 0. The topological polar surface area (TPSA) is 66.9 Å². The zero-order chi connectivity index (χ0) is 11.7. The number of unbranched alkanes of at least 4 members (excludes halogenated alkanes) is 1. The Hall–Kier alpha value is -1.82. The average molecular weight is 204 g/mol. The summed E-state index contributed by atoms with van der Waals surface area (Å²) in [6, 6.07) is 8.19. The van der Waals surface area contributed by atoms with Crippen LogP contribution in [0.25, 0.3) is 0 Å². The van der Waals surface area contributed by atoms with Crippen LogP contribution in [-0.2, 0) is 0 Å². The minimum absolute atomic E-state index is 0.365. The molecule has 0 heterocycles. The van der Waals surface area contributed by atoms with Gasteiger partial charge in [-0.15, -0.1) is 0 Å². The summed E-state index contributed by atoms with van der Waals surface area (Å²) in [7, 11) is 0. The van der Waals surface area contributed by atoms with Crippen LogP contribution in [0.5, 0.6) is 0 Å². The van der Waals surface area contributed by atoms with Crippen molar-refractivity contribution in [2.75, 3.05) is 0 Å². The second kappa shape index (κ2) is 7.57. The molecule has 3 nitrogen and oxygen atoms in total. The van der Waals surface area contributed by atoms with E-state index in [1.54, 1.807) is 18.2 Å². The van der Waals surface area contributed by atoms with Gasteiger partial charge in [0.25, 0.3) is 0 Å². The SMILES string of the molecule is CCCC.N#Cc1cccc(C(N)=O)c1. The molecule has 2 N–H and O–H groups in total. The molecule has 0 aliphatic carbocycles. The van der Waals surface area contributed by atoms with Crippen LogP contribution in [0.3, 0.4) is 0 Å². The predicted molar refractivity (Wildman–Crippen MR) is 60.3 cm³/mol. The Morgan fingerprint density at radius 1 is 1.40 bits per heavy atom. The molecule has 3 heteroatoms. The highest BCUT2D eigenvalue weighted by Gasteiger charge is 1.99. The molecule has 0 spiro atoms. The number of nitrogens with zero attached hydrogens (tertiary/aromatic N) is 1. The minimum Gasteiger partial charge on any atom is -0.366 e. The third kappa shape index (κ3) is 5.48. The zero-order valence-electron chi connectivity index (χ0n) is 9.16. The maximum atomic E-state index is 10.6. The number of nitrogens with two attached hydrogens (primary N) is 1. The van der Waals surface area contributed by atoms with Gasteiger partial charge in [-0.1, -0.05) is 32.8 Å². The quantitative estimate of drug-likeness (QED) is 0.804. The molecule has 0 aliphatic rings. The van der Waals surface area contributed by atoms with Gasteiger partial charge in [0.15, 0.2) is 0 Å². The summed E-state index contributed by atoms with van der Waals surface area (Å²) in [5.41, 5.74) is 5.80. The Balaban J connectivity index is 0.000000423. The maximum absolute atomic E-state index is 10.6. The summed E-state index contributed by atoms with van der Waals surface area (Å²) in [6.45, 7) is 4.36. The van der Waals surface area contributed by atoms with Gasteiger partial charge in [-0.3, -0.25) is 4.79 Å². The largest absolute Gasteiger partial charge is 0.366 e. The summed E-state index contributed by atoms with van der Waals surface area (Å²) in [4.78, 5) is 10.6. The lowest BCUT2D eigenvalue weighted by Crippen LogP contribution is -2.10. The minimum atomic E-state index is -0.512. The molecule has 0 saturated heterocycles. The molecule has 0 atom stereocenters. The Morgan fingerprint density at radius 2 is 2.00 bits per heavy atom. The molecule has 0 fully saturated rings. The molecule has 1 aromatic carbocycles. The first-order chi connectivity index (χ1) is 7.15. The number of amides is 1. The molecule has 0 aromatic heterocycles. The Morgan fingerprint density at radius 3 is 2.40 bits per heavy atom. The molecule has 15 heavy (non-hydrogen) atoms. The van der Waals surface area contributed by atoms with Crippen LogP contribution in [0.4, 0.5) is 0 Å². The highest BCUT2D eigenvalue weighted by molar-refractivity contribution is 5.93. The molecule has 0 aliphatic heterocycles. The van der Waals surface area contributed by atoms with E-state index in [0.717, 1.165) is 0 Å². The number of hydrogen-bond donors (Lipinski definition) is 1. The summed E-state index contributed by atoms with van der Waals surface area (Å²) in [5.74, 6) is -0.512. The summed E-state index contributed by atoms with van der Waals surface area (Å²) in [5, 5.41) is 8.44. The summed E-state index contributed by atoms with van der Waals surface area (Å²) >= 11 is 0. The van der Waals surface area contributed by atoms with Crippen molar-refractivity contribution in [3.8, 4) is 6.07 Å². The summed E-state index contributed by atoms with van der Waals surface area (Å²) in [6.07, 6.45) is 2.64. The van der Waals surface area contributed by atoms with E-state index in [4.69, 9.17) is 11.0 Å². The fraction of sp³-hybridized carbons (Fsp3) is 0.333. The van der Waals surface area contributed by atoms with E-state index in [1.807, 2.05) is 6.07 Å². The lowest BCUT2D eigenvalue weighted by Gasteiger charge is -1.93. The number of primary amides is 1. The van der Waals surface area contributed by atoms with Crippen LogP contribution in [0, 0.1) is 11.3 Å². The Bertz CT molecular complexity index is 351. The van der Waals surface area contributed by atoms with Gasteiger partial charge in [-0.2, -0.15) is 5.26 Å². The van der Waals surface area contributed by atoms with Gasteiger partial charge >= 0.3 is 0 Å². The van der Waals surface area contributed by atoms with Crippen molar-refractivity contribution in [3.05, 3.63) is 35.4 Å². The third-order valence-corrected chi connectivity index (χ3v) is 1.78. The van der Waals surface area contributed by atoms with Crippen LogP contribution in [0.15, 0.2) is 24.3 Å². The van der Waals surface area contributed by atoms with E-state index in [0.29, 0.717) is 11.1 Å². The van der Waals surface area contributed by atoms with Gasteiger partial charge in [0, 0.05) is 5.56 Å². The van der Waals surface area contributed by atoms with Crippen molar-refractivity contribution in [2.24, 2.45) is 5.73 Å². The van der Waals surface area contributed by atoms with E-state index in [9.17, 15) is 4.79 Å². The molecule has 0 saturated carbocycles. The van der Waals surface area contributed by atoms with Crippen molar-refractivity contribution in [1.29, 1.82) is 5.26 Å². The molecule has 0 bridgehead atoms. The van der Waals surface area contributed by atoms with Crippen LogP contribution in [0.2, 0.25) is 0 Å². The first-order valence-corrected chi connectivity index (χ1v) is 4.95. The molecule has 0 radical (unpaired) electrons. The van der Waals surface area contributed by atoms with Crippen LogP contribution >= 0.6 is 0 Å². The molecule has 0 unspecified atom stereocenters. The number of hydrogen-bond acceptors (Lipinski definition) is 2. The lowest BCUT2D eigenvalue weighted by atomic mass is 10.1. The van der Waals surface area contributed by atoms with Crippen molar-refractivity contribution < 1.29 is 4.79 Å². The van der Waals surface area contributed by atoms with Gasteiger partial charge < -0.3 is 5.73 Å². The normalized spacial score (nSPS) is 8.33. The van der Waals surface area contributed by atoms with Crippen molar-refractivity contribution in [3.63, 3.8) is 0 Å². The standard InChI is InChI=1S/C8H6N2O.C4H10/c9-5-6-2-1-3-7(4-6)8(10)11;1-3-4-2/h1-4H,(H2,10,11);3-4H2,1-2H3. The Labute approximate surface area is 90.5 Å². The number of rotatable bonds is 2. The van der Waals surface area contributed by atoms with E-state index in [1.165, 1.54) is 18.9 Å². The van der Waals surface area contributed by atoms with Gasteiger partial charge in [0.05, 0.1) is 11.6 Å². The van der Waals surface area contributed by atoms with Crippen LogP contribution < -0.4 is 5.73 Å². The molecule has 1 aromatic rings. The number of benzene rings is 1. The third-order valence-electron chi connectivity index (χ3n) is 1.78. The maximum Gasteiger partial charge on any atom is 0.248 e. The van der Waals surface area contributed by atoms with Crippen molar-refractivity contribution in [1.82, 2.24) is 0 Å². The highest BCUT2D eigenvalue weighted by atomic mass is 16.1. The number of carbonyl (C=O) groups is 1. The van der Waals surface area contributed by atoms with E-state index in [2.05, 4.69) is 13.8 Å². The Kier molecular flexibility index (Phi) is 6.65. The van der Waals surface area contributed by atoms with Crippen LogP contribution in [0.1, 0.15) is 42.6 Å². The fourth-order valence-corrected chi connectivity index (χ4v) is 0.742. The zero-order valence-corrected chi connectivity index (χ0v) is 9.16. The smallest absolute Gasteiger partial charge is 0.248 e. The van der Waals surface area contributed by atoms with Gasteiger partial charge in [0.2, 0.25) is 5.91 Å². The number of carbonyl (C=O) groups excluding carboxylic acids is 1. The molecule has 80 valence electrons. The molecule has 1 amide bonds. The second-order valence-corrected chi connectivity index (χ2v) is 3.06. The monoisotopic (exact) mass is 204 g/mol. The molecule has 1 rings (SSSR count). The van der Waals surface area contributed by atoms with E-state index in [-0.39, 0.29) is 0 Å². The fourth-order valence-electron chi connectivity index (χ4n) is 0.742. The first-order valence-electron chi connectivity index (χ1n) is 4.95. The van der Waals surface area contributed by atoms with E-state index < -0.39 is 5.91 Å². The first kappa shape index (κ1) is 13.2. The predicted octanol–water partition coefficient (Wildman–Crippen LogP) is 2.46. The van der Waals surface area contributed by atoms with Crippen LogP contribution in [-0.4, -0.2) is 5.91 Å². The highest BCUT2D eigenvalue weighted by Crippen LogP contribution is 2.02. The van der Waals surface area contributed by atoms with E-state index >= 15 is 0 Å². The molecular formula is C12H16N2O. The van der Waals surface area contributed by atoms with Gasteiger partial charge in [-0.05, 0) is 18.2 Å². The average Bonchev–Trinajstić information content (AvgIpc) is 2.29. The molecular weight excluding hydrogens is 188 g/mol. The van der Waals surface area contributed by atoms with Crippen molar-refractivity contribution in [2.45, 2.75) is 26.7 Å². The second-order valence-electron chi connectivity index (χ2n) is 3.06. The van der Waals surface area contributed by atoms with Gasteiger partial charge in [-0.25, -0.2) is 0 Å². The van der Waals surface area contributed by atoms with Crippen molar-refractivity contribution >= 4 is 5.91 Å².